The van der Waals surface area contributed by atoms with E-state index < -0.39 is 17.9 Å². The van der Waals surface area contributed by atoms with Crippen LogP contribution in [-0.4, -0.2) is 28.1 Å². The van der Waals surface area contributed by atoms with E-state index in [0.717, 1.165) is 5.56 Å². The zero-order chi connectivity index (χ0) is 17.6. The number of carbonyl (C=O) groups is 2. The van der Waals surface area contributed by atoms with Gasteiger partial charge < -0.3 is 20.8 Å². The number of hydrogen-bond donors (Lipinski definition) is 4. The fourth-order valence-corrected chi connectivity index (χ4v) is 1.84. The van der Waals surface area contributed by atoms with Crippen LogP contribution in [0.3, 0.4) is 0 Å². The number of benzene rings is 1. The molecule has 122 valence electrons. The first kappa shape index (κ1) is 18.0. The summed E-state index contributed by atoms with van der Waals surface area (Å²) in [7, 11) is 0. The van der Waals surface area contributed by atoms with Crippen LogP contribution in [0.25, 0.3) is 0 Å². The molecule has 7 heteroatoms. The summed E-state index contributed by atoms with van der Waals surface area (Å²) in [6.45, 7) is 5.07. The molecule has 4 N–H and O–H groups in total. The molecule has 1 aromatic rings. The van der Waals surface area contributed by atoms with Gasteiger partial charge in [-0.25, -0.2) is 4.79 Å². The van der Waals surface area contributed by atoms with E-state index in [4.69, 9.17) is 10.4 Å². The molecular formula is C16H19N3O4. The van der Waals surface area contributed by atoms with Gasteiger partial charge in [0.05, 0.1) is 0 Å². The van der Waals surface area contributed by atoms with Crippen molar-refractivity contribution in [2.75, 3.05) is 5.32 Å². The number of hydrogen-bond acceptors (Lipinski definition) is 5. The second-order valence-electron chi connectivity index (χ2n) is 5.35. The Hall–Kier alpha value is -3.01. The van der Waals surface area contributed by atoms with E-state index in [-0.39, 0.29) is 17.2 Å². The second kappa shape index (κ2) is 7.84. The van der Waals surface area contributed by atoms with Crippen molar-refractivity contribution in [1.82, 2.24) is 5.32 Å². The maximum Gasteiger partial charge on any atom is 0.326 e. The van der Waals surface area contributed by atoms with Crippen LogP contribution in [0, 0.1) is 24.2 Å². The number of amides is 1. The first-order valence-electron chi connectivity index (χ1n) is 6.96. The molecule has 0 saturated carbocycles. The van der Waals surface area contributed by atoms with Gasteiger partial charge in [0.2, 0.25) is 0 Å². The Morgan fingerprint density at radius 2 is 2.00 bits per heavy atom. The van der Waals surface area contributed by atoms with E-state index >= 15 is 0 Å². The summed E-state index contributed by atoms with van der Waals surface area (Å²) in [6.07, 6.45) is 1.20. The quantitative estimate of drug-likeness (QED) is 0.360. The van der Waals surface area contributed by atoms with Crippen molar-refractivity contribution in [3.63, 3.8) is 0 Å². The summed E-state index contributed by atoms with van der Waals surface area (Å²) < 4.78 is 0. The summed E-state index contributed by atoms with van der Waals surface area (Å²) in [6, 6.07) is 5.25. The lowest BCUT2D eigenvalue weighted by Crippen LogP contribution is -2.44. The van der Waals surface area contributed by atoms with E-state index in [1.165, 1.54) is 18.3 Å². The number of carbonyl (C=O) groups excluding carboxylic acids is 1. The minimum atomic E-state index is -1.16. The maximum absolute atomic E-state index is 12.0. The Morgan fingerprint density at radius 3 is 2.48 bits per heavy atom. The minimum absolute atomic E-state index is 0.108. The smallest absolute Gasteiger partial charge is 0.326 e. The average molecular weight is 317 g/mol. The van der Waals surface area contributed by atoms with Crippen LogP contribution in [0.15, 0.2) is 30.0 Å². The van der Waals surface area contributed by atoms with Gasteiger partial charge in [0.25, 0.3) is 5.91 Å². The van der Waals surface area contributed by atoms with E-state index in [1.807, 2.05) is 0 Å². The molecule has 0 radical (unpaired) electrons. The summed E-state index contributed by atoms with van der Waals surface area (Å²) in [5.74, 6) is -2.13. The SMILES string of the molecule is Cc1cc(O)ccc1N/C=C(/C#N)C(=O)NC(C(=O)O)C(C)C. The van der Waals surface area contributed by atoms with Crippen molar-refractivity contribution >= 4 is 17.6 Å². The number of aliphatic carboxylic acids is 1. The Kier molecular flexibility index (Phi) is 6.15. The van der Waals surface area contributed by atoms with Gasteiger partial charge in [-0.05, 0) is 36.6 Å². The number of carboxylic acid groups (broad SMARTS) is 1. The van der Waals surface area contributed by atoms with Crippen LogP contribution in [-0.2, 0) is 9.59 Å². The predicted molar refractivity (Wildman–Crippen MR) is 84.6 cm³/mol. The summed E-state index contributed by atoms with van der Waals surface area (Å²) in [4.78, 5) is 23.1. The lowest BCUT2D eigenvalue weighted by Gasteiger charge is -2.17. The number of aryl methyl sites for hydroxylation is 1. The summed E-state index contributed by atoms with van der Waals surface area (Å²) in [5.41, 5.74) is 1.09. The van der Waals surface area contributed by atoms with Crippen molar-refractivity contribution in [1.29, 1.82) is 5.26 Å². The number of phenols is 1. The number of aromatic hydroxyl groups is 1. The highest BCUT2D eigenvalue weighted by Gasteiger charge is 2.24. The Morgan fingerprint density at radius 1 is 1.35 bits per heavy atom. The number of nitrogens with zero attached hydrogens (tertiary/aromatic N) is 1. The van der Waals surface area contributed by atoms with Crippen molar-refractivity contribution < 1.29 is 19.8 Å². The molecule has 1 aromatic carbocycles. The van der Waals surface area contributed by atoms with Crippen LogP contribution < -0.4 is 10.6 Å². The molecule has 0 aliphatic heterocycles. The molecule has 1 rings (SSSR count). The van der Waals surface area contributed by atoms with E-state index in [0.29, 0.717) is 5.69 Å². The average Bonchev–Trinajstić information content (AvgIpc) is 2.46. The van der Waals surface area contributed by atoms with Crippen molar-refractivity contribution in [2.24, 2.45) is 5.92 Å². The standard InChI is InChI=1S/C16H19N3O4/c1-9(2)14(16(22)23)19-15(21)11(7-17)8-18-13-5-4-12(20)6-10(13)3/h4-6,8-9,14,18,20H,1-3H3,(H,19,21)(H,22,23)/b11-8-. The molecule has 23 heavy (non-hydrogen) atoms. The number of nitrogens with one attached hydrogen (secondary N) is 2. The molecule has 1 amide bonds. The minimum Gasteiger partial charge on any atom is -0.508 e. The highest BCUT2D eigenvalue weighted by atomic mass is 16.4. The Balaban J connectivity index is 2.88. The number of rotatable bonds is 6. The molecule has 1 unspecified atom stereocenters. The predicted octanol–water partition coefficient (Wildman–Crippen LogP) is 1.75. The van der Waals surface area contributed by atoms with Crippen molar-refractivity contribution in [3.05, 3.63) is 35.5 Å². The molecule has 0 spiro atoms. The highest BCUT2D eigenvalue weighted by Crippen LogP contribution is 2.20. The van der Waals surface area contributed by atoms with E-state index in [1.54, 1.807) is 32.9 Å². The molecule has 0 aliphatic carbocycles. The van der Waals surface area contributed by atoms with Crippen LogP contribution in [0.1, 0.15) is 19.4 Å². The zero-order valence-corrected chi connectivity index (χ0v) is 13.1. The monoisotopic (exact) mass is 317 g/mol. The van der Waals surface area contributed by atoms with Gasteiger partial charge in [-0.15, -0.1) is 0 Å². The number of nitriles is 1. The summed E-state index contributed by atoms with van der Waals surface area (Å²) in [5, 5.41) is 32.6. The van der Waals surface area contributed by atoms with Gasteiger partial charge in [-0.1, -0.05) is 13.8 Å². The topological polar surface area (TPSA) is 122 Å². The number of anilines is 1. The van der Waals surface area contributed by atoms with Gasteiger partial charge in [0, 0.05) is 11.9 Å². The fourth-order valence-electron chi connectivity index (χ4n) is 1.84. The van der Waals surface area contributed by atoms with Gasteiger partial charge in [0.15, 0.2) is 0 Å². The van der Waals surface area contributed by atoms with Crippen LogP contribution in [0.2, 0.25) is 0 Å². The Labute approximate surface area is 134 Å². The molecule has 0 aliphatic rings. The van der Waals surface area contributed by atoms with Crippen LogP contribution in [0.5, 0.6) is 5.75 Å². The summed E-state index contributed by atoms with van der Waals surface area (Å²) >= 11 is 0. The molecule has 0 aromatic heterocycles. The largest absolute Gasteiger partial charge is 0.508 e. The number of phenolic OH excluding ortho intramolecular Hbond substituents is 1. The van der Waals surface area contributed by atoms with Gasteiger partial charge in [-0.3, -0.25) is 4.79 Å². The lowest BCUT2D eigenvalue weighted by molar-refractivity contribution is -0.142. The van der Waals surface area contributed by atoms with E-state index in [9.17, 15) is 14.7 Å². The molecule has 7 nitrogen and oxygen atoms in total. The van der Waals surface area contributed by atoms with Crippen LogP contribution in [0.4, 0.5) is 5.69 Å². The first-order valence-corrected chi connectivity index (χ1v) is 6.96. The van der Waals surface area contributed by atoms with Crippen LogP contribution >= 0.6 is 0 Å². The highest BCUT2D eigenvalue weighted by molar-refractivity contribution is 5.99. The molecule has 1 atom stereocenters. The first-order chi connectivity index (χ1) is 10.8. The Bertz CT molecular complexity index is 674. The lowest BCUT2D eigenvalue weighted by atomic mass is 10.0. The van der Waals surface area contributed by atoms with Gasteiger partial charge in [-0.2, -0.15) is 5.26 Å². The van der Waals surface area contributed by atoms with Crippen molar-refractivity contribution in [3.8, 4) is 11.8 Å². The third-order valence-corrected chi connectivity index (χ3v) is 3.17. The molecular weight excluding hydrogens is 298 g/mol. The third-order valence-electron chi connectivity index (χ3n) is 3.17. The number of carboxylic acids is 1. The molecule has 0 heterocycles. The van der Waals surface area contributed by atoms with Gasteiger partial charge >= 0.3 is 5.97 Å². The zero-order valence-electron chi connectivity index (χ0n) is 13.1. The normalized spacial score (nSPS) is 12.4. The molecule has 0 bridgehead atoms. The molecule has 0 saturated heterocycles. The van der Waals surface area contributed by atoms with E-state index in [2.05, 4.69) is 10.6 Å². The second-order valence-corrected chi connectivity index (χ2v) is 5.35. The third kappa shape index (κ3) is 5.04. The van der Waals surface area contributed by atoms with Gasteiger partial charge in [0.1, 0.15) is 23.4 Å². The molecule has 0 fully saturated rings. The fraction of sp³-hybridized carbons (Fsp3) is 0.312. The van der Waals surface area contributed by atoms with Crippen molar-refractivity contribution in [2.45, 2.75) is 26.8 Å². The maximum atomic E-state index is 12.0.